The summed E-state index contributed by atoms with van der Waals surface area (Å²) in [5.74, 6) is 0.889. The van der Waals surface area contributed by atoms with E-state index in [1.54, 1.807) is 11.3 Å². The van der Waals surface area contributed by atoms with Crippen LogP contribution in [-0.4, -0.2) is 24.0 Å². The molecule has 0 spiro atoms. The van der Waals surface area contributed by atoms with Gasteiger partial charge in [-0.05, 0) is 54.6 Å². The third-order valence-electron chi connectivity index (χ3n) is 3.79. The molecule has 2 N–H and O–H groups in total. The zero-order chi connectivity index (χ0) is 12.3. The highest BCUT2D eigenvalue weighted by Crippen LogP contribution is 2.32. The smallest absolute Gasteiger partial charge is 0.0504 e. The highest BCUT2D eigenvalue weighted by atomic mass is 32.1. The molecule has 1 aromatic heterocycles. The van der Waals surface area contributed by atoms with Crippen LogP contribution in [0.2, 0.25) is 0 Å². The Morgan fingerprint density at radius 2 is 2.41 bits per heavy atom. The lowest BCUT2D eigenvalue weighted by Crippen LogP contribution is -2.38. The Hall–Kier alpha value is -0.380. The summed E-state index contributed by atoms with van der Waals surface area (Å²) in [5, 5.41) is 4.41. The van der Waals surface area contributed by atoms with Gasteiger partial charge in [0.1, 0.15) is 0 Å². The van der Waals surface area contributed by atoms with E-state index < -0.39 is 0 Å². The molecule has 2 rings (SSSR count). The fourth-order valence-corrected chi connectivity index (χ4v) is 3.74. The summed E-state index contributed by atoms with van der Waals surface area (Å²) in [5.41, 5.74) is 7.59. The Kier molecular flexibility index (Phi) is 4.60. The first-order valence-electron chi connectivity index (χ1n) is 6.74. The van der Waals surface area contributed by atoms with E-state index in [1.807, 2.05) is 0 Å². The molecule has 1 aromatic rings. The lowest BCUT2D eigenvalue weighted by Gasteiger charge is -2.30. The van der Waals surface area contributed by atoms with Crippen LogP contribution >= 0.6 is 11.3 Å². The van der Waals surface area contributed by atoms with Crippen molar-refractivity contribution >= 4 is 11.3 Å². The number of nitrogens with zero attached hydrogens (tertiary/aromatic N) is 1. The second kappa shape index (κ2) is 5.98. The Labute approximate surface area is 109 Å². The number of rotatable bonds is 5. The maximum absolute atomic E-state index is 6.19. The molecule has 96 valence electrons. The molecule has 0 radical (unpaired) electrons. The topological polar surface area (TPSA) is 29.3 Å². The minimum atomic E-state index is 0.213. The van der Waals surface area contributed by atoms with E-state index in [-0.39, 0.29) is 6.04 Å². The summed E-state index contributed by atoms with van der Waals surface area (Å²) in [6, 6.07) is 2.86. The van der Waals surface area contributed by atoms with E-state index in [9.17, 15) is 0 Å². The summed E-state index contributed by atoms with van der Waals surface area (Å²) >= 11 is 1.77. The molecule has 0 saturated carbocycles. The van der Waals surface area contributed by atoms with Crippen molar-refractivity contribution in [2.24, 2.45) is 11.7 Å². The number of hydrogen-bond donors (Lipinski definition) is 1. The first-order valence-corrected chi connectivity index (χ1v) is 7.68. The molecular weight excluding hydrogens is 228 g/mol. The molecule has 1 aliphatic rings. The zero-order valence-electron chi connectivity index (χ0n) is 10.9. The molecule has 2 nitrogen and oxygen atoms in total. The number of hydrogen-bond acceptors (Lipinski definition) is 3. The Balaban J connectivity index is 2.03. The Morgan fingerprint density at radius 1 is 1.59 bits per heavy atom. The standard InChI is InChI=1S/C14H24N2S/c1-3-4-12-5-7-16(9-12)14(11(2)15)13-6-8-17-10-13/h6,8,10-12,14H,3-5,7,9,15H2,1-2H3. The monoisotopic (exact) mass is 252 g/mol. The van der Waals surface area contributed by atoms with Crippen molar-refractivity contribution in [2.75, 3.05) is 13.1 Å². The molecular formula is C14H24N2S. The number of likely N-dealkylation sites (tertiary alicyclic amines) is 1. The van der Waals surface area contributed by atoms with Gasteiger partial charge in [0.15, 0.2) is 0 Å². The molecule has 3 heteroatoms. The lowest BCUT2D eigenvalue weighted by molar-refractivity contribution is 0.210. The second-order valence-corrected chi connectivity index (χ2v) is 6.08. The van der Waals surface area contributed by atoms with Gasteiger partial charge in [-0.15, -0.1) is 0 Å². The Bertz CT molecular complexity index is 321. The van der Waals surface area contributed by atoms with Crippen molar-refractivity contribution in [1.82, 2.24) is 4.90 Å². The zero-order valence-corrected chi connectivity index (χ0v) is 11.7. The van der Waals surface area contributed by atoms with Crippen LogP contribution in [0.4, 0.5) is 0 Å². The average molecular weight is 252 g/mol. The average Bonchev–Trinajstić information content (AvgIpc) is 2.91. The van der Waals surface area contributed by atoms with Gasteiger partial charge in [0.2, 0.25) is 0 Å². The molecule has 0 aliphatic carbocycles. The van der Waals surface area contributed by atoms with E-state index in [0.717, 1.165) is 5.92 Å². The molecule has 3 atom stereocenters. The fourth-order valence-electron chi connectivity index (χ4n) is 3.05. The van der Waals surface area contributed by atoms with Gasteiger partial charge in [0.25, 0.3) is 0 Å². The molecule has 2 heterocycles. The molecule has 1 fully saturated rings. The number of nitrogens with two attached hydrogens (primary N) is 1. The van der Waals surface area contributed by atoms with Crippen molar-refractivity contribution < 1.29 is 0 Å². The lowest BCUT2D eigenvalue weighted by atomic mass is 10.0. The second-order valence-electron chi connectivity index (χ2n) is 5.30. The van der Waals surface area contributed by atoms with Gasteiger partial charge in [-0.1, -0.05) is 13.3 Å². The Morgan fingerprint density at radius 3 is 3.00 bits per heavy atom. The van der Waals surface area contributed by atoms with Gasteiger partial charge < -0.3 is 5.73 Å². The van der Waals surface area contributed by atoms with Crippen LogP contribution in [0.3, 0.4) is 0 Å². The summed E-state index contributed by atoms with van der Waals surface area (Å²) in [4.78, 5) is 2.59. The summed E-state index contributed by atoms with van der Waals surface area (Å²) in [6.45, 7) is 6.86. The third-order valence-corrected chi connectivity index (χ3v) is 4.49. The maximum Gasteiger partial charge on any atom is 0.0504 e. The van der Waals surface area contributed by atoms with Crippen molar-refractivity contribution in [3.63, 3.8) is 0 Å². The van der Waals surface area contributed by atoms with Gasteiger partial charge >= 0.3 is 0 Å². The van der Waals surface area contributed by atoms with Gasteiger partial charge in [-0.25, -0.2) is 0 Å². The maximum atomic E-state index is 6.19. The van der Waals surface area contributed by atoms with Crippen LogP contribution in [0.25, 0.3) is 0 Å². The predicted octanol–water partition coefficient (Wildman–Crippen LogP) is 3.26. The van der Waals surface area contributed by atoms with E-state index in [2.05, 4.69) is 35.6 Å². The molecule has 1 aliphatic heterocycles. The van der Waals surface area contributed by atoms with Crippen LogP contribution in [0.1, 0.15) is 44.7 Å². The minimum Gasteiger partial charge on any atom is -0.326 e. The van der Waals surface area contributed by atoms with Gasteiger partial charge in [-0.3, -0.25) is 4.90 Å². The van der Waals surface area contributed by atoms with Crippen molar-refractivity contribution in [3.8, 4) is 0 Å². The van der Waals surface area contributed by atoms with Crippen molar-refractivity contribution in [2.45, 2.75) is 45.2 Å². The molecule has 0 bridgehead atoms. The molecule has 1 saturated heterocycles. The van der Waals surface area contributed by atoms with E-state index in [1.165, 1.54) is 37.9 Å². The van der Waals surface area contributed by atoms with Crippen LogP contribution < -0.4 is 5.73 Å². The minimum absolute atomic E-state index is 0.213. The normalized spacial score (nSPS) is 25.0. The van der Waals surface area contributed by atoms with Crippen LogP contribution in [-0.2, 0) is 0 Å². The van der Waals surface area contributed by atoms with Gasteiger partial charge in [0.05, 0.1) is 6.04 Å². The van der Waals surface area contributed by atoms with Gasteiger partial charge in [-0.2, -0.15) is 11.3 Å². The van der Waals surface area contributed by atoms with E-state index in [0.29, 0.717) is 6.04 Å². The molecule has 17 heavy (non-hydrogen) atoms. The molecule has 0 amide bonds. The van der Waals surface area contributed by atoms with E-state index >= 15 is 0 Å². The van der Waals surface area contributed by atoms with Crippen LogP contribution in [0, 0.1) is 5.92 Å². The van der Waals surface area contributed by atoms with Crippen LogP contribution in [0.15, 0.2) is 16.8 Å². The first kappa shape index (κ1) is 13.1. The number of thiophene rings is 1. The highest BCUT2D eigenvalue weighted by Gasteiger charge is 2.30. The molecule has 0 aromatic carbocycles. The van der Waals surface area contributed by atoms with Crippen LogP contribution in [0.5, 0.6) is 0 Å². The summed E-state index contributed by atoms with van der Waals surface area (Å²) in [6.07, 6.45) is 4.02. The van der Waals surface area contributed by atoms with Crippen molar-refractivity contribution in [3.05, 3.63) is 22.4 Å². The quantitative estimate of drug-likeness (QED) is 0.871. The summed E-state index contributed by atoms with van der Waals surface area (Å²) < 4.78 is 0. The molecule has 3 unspecified atom stereocenters. The summed E-state index contributed by atoms with van der Waals surface area (Å²) in [7, 11) is 0. The van der Waals surface area contributed by atoms with Crippen molar-refractivity contribution in [1.29, 1.82) is 0 Å². The van der Waals surface area contributed by atoms with E-state index in [4.69, 9.17) is 5.73 Å². The van der Waals surface area contributed by atoms with Gasteiger partial charge in [0, 0.05) is 12.6 Å². The predicted molar refractivity (Wildman–Crippen MR) is 75.3 cm³/mol. The largest absolute Gasteiger partial charge is 0.326 e. The SMILES string of the molecule is CCCC1CCN(C(c2ccsc2)C(C)N)C1. The fraction of sp³-hybridized carbons (Fsp3) is 0.714. The third kappa shape index (κ3) is 3.09. The first-order chi connectivity index (χ1) is 8.22. The highest BCUT2D eigenvalue weighted by molar-refractivity contribution is 7.07.